The number of benzene rings is 2. The maximum absolute atomic E-state index is 12.5. The number of carbonyl (C=O) groups excluding carboxylic acids is 1. The molecule has 5 heteroatoms. The van der Waals surface area contributed by atoms with Crippen molar-refractivity contribution in [3.63, 3.8) is 0 Å². The summed E-state index contributed by atoms with van der Waals surface area (Å²) >= 11 is 0. The van der Waals surface area contributed by atoms with Crippen molar-refractivity contribution >= 4 is 11.6 Å². The van der Waals surface area contributed by atoms with Gasteiger partial charge in [0.05, 0.1) is 19.8 Å². The minimum Gasteiger partial charge on any atom is -0.494 e. The van der Waals surface area contributed by atoms with Crippen molar-refractivity contribution in [3.8, 4) is 5.75 Å². The Bertz CT molecular complexity index is 819. The van der Waals surface area contributed by atoms with Crippen molar-refractivity contribution in [2.24, 2.45) is 0 Å². The Morgan fingerprint density at radius 3 is 2.29 bits per heavy atom. The van der Waals surface area contributed by atoms with Gasteiger partial charge in [-0.15, -0.1) is 0 Å². The maximum atomic E-state index is 12.5. The van der Waals surface area contributed by atoms with Crippen LogP contribution in [0.4, 0.5) is 5.69 Å². The molecule has 0 N–H and O–H groups in total. The summed E-state index contributed by atoms with van der Waals surface area (Å²) in [6.45, 7) is 11.2. The molecule has 0 aromatic heterocycles. The molecule has 0 saturated carbocycles. The maximum Gasteiger partial charge on any atom is 0.222 e. The van der Waals surface area contributed by atoms with E-state index in [9.17, 15) is 4.79 Å². The van der Waals surface area contributed by atoms with Crippen molar-refractivity contribution in [2.75, 3.05) is 44.9 Å². The first-order valence-electron chi connectivity index (χ1n) is 11.2. The smallest absolute Gasteiger partial charge is 0.222 e. The summed E-state index contributed by atoms with van der Waals surface area (Å²) < 4.78 is 11.2. The van der Waals surface area contributed by atoms with Gasteiger partial charge in [0, 0.05) is 38.8 Å². The molecule has 1 aliphatic heterocycles. The molecule has 1 amide bonds. The molecule has 0 spiro atoms. The van der Waals surface area contributed by atoms with Gasteiger partial charge in [-0.2, -0.15) is 0 Å². The Balaban J connectivity index is 1.38. The molecule has 2 aromatic rings. The minimum absolute atomic E-state index is 0.137. The van der Waals surface area contributed by atoms with E-state index in [4.69, 9.17) is 9.47 Å². The third-order valence-electron chi connectivity index (χ3n) is 5.68. The number of hydrogen-bond donors (Lipinski definition) is 0. The molecular weight excluding hydrogens is 388 g/mol. The molecule has 1 fully saturated rings. The van der Waals surface area contributed by atoms with E-state index >= 15 is 0 Å². The monoisotopic (exact) mass is 424 g/mol. The first-order chi connectivity index (χ1) is 14.8. The van der Waals surface area contributed by atoms with Crippen molar-refractivity contribution < 1.29 is 14.3 Å². The van der Waals surface area contributed by atoms with Crippen LogP contribution in [0.25, 0.3) is 0 Å². The molecule has 0 unspecified atom stereocenters. The topological polar surface area (TPSA) is 42.0 Å². The Kier molecular flexibility index (Phi) is 7.97. The Labute approximate surface area is 187 Å². The quantitative estimate of drug-likeness (QED) is 0.579. The molecule has 1 heterocycles. The molecule has 168 valence electrons. The number of nitrogens with zero attached hydrogens (tertiary/aromatic N) is 2. The standard InChI is InChI=1S/C26H36N2O3/c1-26(2,3)22-9-13-24(14-10-22)31-17-5-6-25(29)27(4)20-21-7-11-23(12-8-21)28-15-18-30-19-16-28/h7-14H,5-6,15-20H2,1-4H3. The van der Waals surface area contributed by atoms with Crippen LogP contribution in [0.2, 0.25) is 0 Å². The summed E-state index contributed by atoms with van der Waals surface area (Å²) in [6, 6.07) is 16.7. The van der Waals surface area contributed by atoms with Crippen molar-refractivity contribution in [3.05, 3.63) is 59.7 Å². The number of carbonyl (C=O) groups is 1. The van der Waals surface area contributed by atoms with E-state index in [2.05, 4.69) is 62.1 Å². The van der Waals surface area contributed by atoms with Crippen LogP contribution in [-0.4, -0.2) is 50.8 Å². The summed E-state index contributed by atoms with van der Waals surface area (Å²) in [5.41, 5.74) is 3.78. The van der Waals surface area contributed by atoms with E-state index in [1.807, 2.05) is 19.2 Å². The summed E-state index contributed by atoms with van der Waals surface area (Å²) in [7, 11) is 1.87. The molecule has 0 aliphatic carbocycles. The van der Waals surface area contributed by atoms with Crippen LogP contribution in [0.3, 0.4) is 0 Å². The van der Waals surface area contributed by atoms with Gasteiger partial charge in [0.25, 0.3) is 0 Å². The molecule has 2 aromatic carbocycles. The average Bonchev–Trinajstić information content (AvgIpc) is 2.77. The Morgan fingerprint density at radius 2 is 1.68 bits per heavy atom. The summed E-state index contributed by atoms with van der Waals surface area (Å²) in [5.74, 6) is 0.998. The van der Waals surface area contributed by atoms with Gasteiger partial charge in [0.15, 0.2) is 0 Å². The van der Waals surface area contributed by atoms with E-state index in [1.165, 1.54) is 11.3 Å². The summed E-state index contributed by atoms with van der Waals surface area (Å²) in [6.07, 6.45) is 1.20. The number of amides is 1. The second-order valence-corrected chi connectivity index (χ2v) is 9.24. The van der Waals surface area contributed by atoms with Gasteiger partial charge >= 0.3 is 0 Å². The average molecular weight is 425 g/mol. The molecule has 0 bridgehead atoms. The van der Waals surface area contributed by atoms with E-state index in [0.717, 1.165) is 37.6 Å². The second-order valence-electron chi connectivity index (χ2n) is 9.24. The lowest BCUT2D eigenvalue weighted by Gasteiger charge is -2.29. The molecule has 1 aliphatic rings. The number of hydrogen-bond acceptors (Lipinski definition) is 4. The van der Waals surface area contributed by atoms with Crippen LogP contribution in [0.1, 0.15) is 44.7 Å². The zero-order valence-electron chi connectivity index (χ0n) is 19.4. The van der Waals surface area contributed by atoms with Gasteiger partial charge in [-0.1, -0.05) is 45.0 Å². The molecular formula is C26H36N2O3. The first kappa shape index (κ1) is 23.1. The predicted octanol–water partition coefficient (Wildman–Crippen LogP) is 4.64. The van der Waals surface area contributed by atoms with Crippen LogP contribution in [0.5, 0.6) is 5.75 Å². The zero-order valence-corrected chi connectivity index (χ0v) is 19.4. The van der Waals surface area contributed by atoms with Crippen LogP contribution >= 0.6 is 0 Å². The Morgan fingerprint density at radius 1 is 1.03 bits per heavy atom. The number of morpholine rings is 1. The molecule has 1 saturated heterocycles. The summed E-state index contributed by atoms with van der Waals surface area (Å²) in [5, 5.41) is 0. The lowest BCUT2D eigenvalue weighted by Crippen LogP contribution is -2.36. The highest BCUT2D eigenvalue weighted by Crippen LogP contribution is 2.24. The van der Waals surface area contributed by atoms with E-state index < -0.39 is 0 Å². The number of rotatable bonds is 8. The Hall–Kier alpha value is -2.53. The largest absolute Gasteiger partial charge is 0.494 e. The van der Waals surface area contributed by atoms with Gasteiger partial charge < -0.3 is 19.3 Å². The lowest BCUT2D eigenvalue weighted by molar-refractivity contribution is -0.130. The van der Waals surface area contributed by atoms with Crippen LogP contribution in [0.15, 0.2) is 48.5 Å². The third kappa shape index (κ3) is 7.00. The van der Waals surface area contributed by atoms with Gasteiger partial charge in [-0.3, -0.25) is 4.79 Å². The SMILES string of the molecule is CN(Cc1ccc(N2CCOCC2)cc1)C(=O)CCCOc1ccc(C(C)(C)C)cc1. The van der Waals surface area contributed by atoms with Gasteiger partial charge in [-0.25, -0.2) is 0 Å². The highest BCUT2D eigenvalue weighted by molar-refractivity contribution is 5.75. The molecule has 5 nitrogen and oxygen atoms in total. The molecule has 0 atom stereocenters. The van der Waals surface area contributed by atoms with E-state index in [0.29, 0.717) is 26.0 Å². The van der Waals surface area contributed by atoms with Crippen LogP contribution < -0.4 is 9.64 Å². The highest BCUT2D eigenvalue weighted by Gasteiger charge is 2.14. The summed E-state index contributed by atoms with van der Waals surface area (Å²) in [4.78, 5) is 16.6. The van der Waals surface area contributed by atoms with Gasteiger partial charge in [-0.05, 0) is 47.2 Å². The van der Waals surface area contributed by atoms with Crippen molar-refractivity contribution in [1.82, 2.24) is 4.90 Å². The first-order valence-corrected chi connectivity index (χ1v) is 11.2. The van der Waals surface area contributed by atoms with Crippen molar-refractivity contribution in [2.45, 2.75) is 45.6 Å². The van der Waals surface area contributed by atoms with E-state index in [-0.39, 0.29) is 11.3 Å². The number of ether oxygens (including phenoxy) is 2. The predicted molar refractivity (Wildman–Crippen MR) is 126 cm³/mol. The van der Waals surface area contributed by atoms with Crippen LogP contribution in [0, 0.1) is 0 Å². The zero-order chi connectivity index (χ0) is 22.3. The molecule has 0 radical (unpaired) electrons. The van der Waals surface area contributed by atoms with E-state index in [1.54, 1.807) is 4.90 Å². The fourth-order valence-corrected chi connectivity index (χ4v) is 3.65. The molecule has 3 rings (SSSR count). The fraction of sp³-hybridized carbons (Fsp3) is 0.500. The van der Waals surface area contributed by atoms with Crippen LogP contribution in [-0.2, 0) is 21.5 Å². The highest BCUT2D eigenvalue weighted by atomic mass is 16.5. The van der Waals surface area contributed by atoms with Gasteiger partial charge in [0.2, 0.25) is 5.91 Å². The van der Waals surface area contributed by atoms with Gasteiger partial charge in [0.1, 0.15) is 5.75 Å². The molecule has 31 heavy (non-hydrogen) atoms. The number of anilines is 1. The second kappa shape index (κ2) is 10.7. The fourth-order valence-electron chi connectivity index (χ4n) is 3.65. The lowest BCUT2D eigenvalue weighted by atomic mass is 9.87. The minimum atomic E-state index is 0.137. The third-order valence-corrected chi connectivity index (χ3v) is 5.68. The normalized spacial score (nSPS) is 14.4. The van der Waals surface area contributed by atoms with Crippen molar-refractivity contribution in [1.29, 1.82) is 0 Å².